The van der Waals surface area contributed by atoms with Crippen LogP contribution in [-0.2, 0) is 10.0 Å². The molecule has 1 amide bonds. The predicted molar refractivity (Wildman–Crippen MR) is 101 cm³/mol. The highest BCUT2D eigenvalue weighted by Gasteiger charge is 2.21. The highest BCUT2D eigenvalue weighted by atomic mass is 79.9. The molecule has 134 valence electrons. The quantitative estimate of drug-likeness (QED) is 0.770. The third-order valence-corrected chi connectivity index (χ3v) is 5.46. The maximum atomic E-state index is 12.8. The molecule has 0 bridgehead atoms. The Hall–Kier alpha value is -1.77. The van der Waals surface area contributed by atoms with Gasteiger partial charge in [0.05, 0.1) is 4.90 Å². The van der Waals surface area contributed by atoms with Crippen LogP contribution in [-0.4, -0.2) is 31.9 Å². The van der Waals surface area contributed by atoms with Gasteiger partial charge in [-0.1, -0.05) is 6.07 Å². The van der Waals surface area contributed by atoms with Gasteiger partial charge in [0.25, 0.3) is 5.91 Å². The summed E-state index contributed by atoms with van der Waals surface area (Å²) in [5.74, 6) is 0.197. The van der Waals surface area contributed by atoms with Crippen LogP contribution in [0.4, 0.5) is 5.82 Å². The molecule has 6 nitrogen and oxygen atoms in total. The number of nitrogens with one attached hydrogen (secondary N) is 1. The summed E-state index contributed by atoms with van der Waals surface area (Å²) in [6.45, 7) is 5.73. The number of hydrogen-bond donors (Lipinski definition) is 1. The van der Waals surface area contributed by atoms with Gasteiger partial charge >= 0.3 is 0 Å². The summed E-state index contributed by atoms with van der Waals surface area (Å²) < 4.78 is 27.9. The fraction of sp³-hybridized carbons (Fsp3) is 0.294. The third kappa shape index (κ3) is 4.87. The van der Waals surface area contributed by atoms with Gasteiger partial charge in [-0.15, -0.1) is 0 Å². The van der Waals surface area contributed by atoms with E-state index in [2.05, 4.69) is 25.6 Å². The van der Waals surface area contributed by atoms with Gasteiger partial charge in [-0.25, -0.2) is 18.1 Å². The van der Waals surface area contributed by atoms with E-state index in [1.54, 1.807) is 44.3 Å². The highest BCUT2D eigenvalue weighted by molar-refractivity contribution is 9.10. The van der Waals surface area contributed by atoms with E-state index in [1.165, 1.54) is 17.0 Å². The maximum absolute atomic E-state index is 12.8. The molecule has 0 saturated carbocycles. The molecule has 1 heterocycles. The molecule has 1 aromatic heterocycles. The molecule has 0 aliphatic heterocycles. The van der Waals surface area contributed by atoms with Gasteiger partial charge in [0.2, 0.25) is 10.0 Å². The number of benzene rings is 1. The second-order valence-electron chi connectivity index (χ2n) is 5.69. The van der Waals surface area contributed by atoms with Crippen molar-refractivity contribution in [3.05, 3.63) is 52.6 Å². The molecule has 0 spiro atoms. The Bertz CT molecular complexity index is 852. The van der Waals surface area contributed by atoms with Crippen LogP contribution < -0.4 is 9.62 Å². The van der Waals surface area contributed by atoms with Crippen LogP contribution in [0.1, 0.15) is 31.1 Å². The van der Waals surface area contributed by atoms with E-state index in [1.807, 2.05) is 6.92 Å². The summed E-state index contributed by atoms with van der Waals surface area (Å²) in [6.07, 6.45) is 1.61. The molecule has 0 radical (unpaired) electrons. The van der Waals surface area contributed by atoms with Gasteiger partial charge in [0.1, 0.15) is 5.82 Å². The number of rotatable bonds is 6. The van der Waals surface area contributed by atoms with Crippen molar-refractivity contribution in [1.82, 2.24) is 9.71 Å². The number of pyridine rings is 1. The second kappa shape index (κ2) is 8.07. The molecular weight excluding hydrogens is 406 g/mol. The van der Waals surface area contributed by atoms with Crippen LogP contribution >= 0.6 is 15.9 Å². The molecule has 25 heavy (non-hydrogen) atoms. The van der Waals surface area contributed by atoms with Crippen molar-refractivity contribution >= 4 is 37.7 Å². The lowest BCUT2D eigenvalue weighted by Gasteiger charge is -2.20. The summed E-state index contributed by atoms with van der Waals surface area (Å²) in [7, 11) is -3.66. The molecule has 0 aliphatic rings. The van der Waals surface area contributed by atoms with Gasteiger partial charge in [0, 0.05) is 28.8 Å². The lowest BCUT2D eigenvalue weighted by atomic mass is 10.2. The van der Waals surface area contributed by atoms with Crippen molar-refractivity contribution in [3.8, 4) is 0 Å². The minimum absolute atomic E-state index is 0.0619. The largest absolute Gasteiger partial charge is 0.293 e. The molecule has 1 N–H and O–H groups in total. The molecule has 0 atom stereocenters. The fourth-order valence-electron chi connectivity index (χ4n) is 2.27. The molecule has 0 aliphatic carbocycles. The monoisotopic (exact) mass is 425 g/mol. The summed E-state index contributed by atoms with van der Waals surface area (Å²) in [4.78, 5) is 18.6. The minimum Gasteiger partial charge on any atom is -0.293 e. The third-order valence-electron chi connectivity index (χ3n) is 3.33. The van der Waals surface area contributed by atoms with Crippen LogP contribution in [0.3, 0.4) is 0 Å². The van der Waals surface area contributed by atoms with Gasteiger partial charge in [-0.2, -0.15) is 0 Å². The smallest absolute Gasteiger partial charge is 0.259 e. The topological polar surface area (TPSA) is 79.4 Å². The Morgan fingerprint density at radius 1 is 1.28 bits per heavy atom. The number of sulfonamides is 1. The number of carbonyl (C=O) groups excluding carboxylic acids is 1. The van der Waals surface area contributed by atoms with E-state index in [0.29, 0.717) is 12.4 Å². The number of anilines is 1. The Kier molecular flexibility index (Phi) is 6.31. The fourth-order valence-corrected chi connectivity index (χ4v) is 3.80. The Balaban J connectivity index is 2.35. The van der Waals surface area contributed by atoms with E-state index < -0.39 is 10.0 Å². The van der Waals surface area contributed by atoms with Crippen molar-refractivity contribution in [2.24, 2.45) is 0 Å². The van der Waals surface area contributed by atoms with E-state index in [9.17, 15) is 13.2 Å². The molecule has 1 aromatic carbocycles. The van der Waals surface area contributed by atoms with E-state index in [-0.39, 0.29) is 22.4 Å². The number of nitrogens with zero attached hydrogens (tertiary/aromatic N) is 2. The van der Waals surface area contributed by atoms with Crippen molar-refractivity contribution in [1.29, 1.82) is 0 Å². The van der Waals surface area contributed by atoms with Gasteiger partial charge in [-0.3, -0.25) is 9.69 Å². The van der Waals surface area contributed by atoms with Gasteiger partial charge in [-0.05, 0) is 67.0 Å². The van der Waals surface area contributed by atoms with Crippen molar-refractivity contribution < 1.29 is 13.2 Å². The number of carbonyl (C=O) groups is 1. The summed E-state index contributed by atoms with van der Waals surface area (Å²) in [5.41, 5.74) is 0.290. The molecule has 0 saturated heterocycles. The van der Waals surface area contributed by atoms with Gasteiger partial charge < -0.3 is 0 Å². The lowest BCUT2D eigenvalue weighted by molar-refractivity contribution is 0.0987. The van der Waals surface area contributed by atoms with Crippen molar-refractivity contribution in [2.75, 3.05) is 11.4 Å². The number of halogens is 1. The summed E-state index contributed by atoms with van der Waals surface area (Å²) in [6, 6.07) is 9.30. The van der Waals surface area contributed by atoms with E-state index >= 15 is 0 Å². The summed E-state index contributed by atoms with van der Waals surface area (Å²) in [5, 5.41) is 0. The first-order valence-corrected chi connectivity index (χ1v) is 10.1. The van der Waals surface area contributed by atoms with Crippen molar-refractivity contribution in [3.63, 3.8) is 0 Å². The van der Waals surface area contributed by atoms with Crippen LogP contribution in [0.15, 0.2) is 52.0 Å². The number of aromatic nitrogens is 1. The molecule has 0 unspecified atom stereocenters. The first-order valence-electron chi connectivity index (χ1n) is 7.80. The first-order chi connectivity index (χ1) is 11.7. The Labute approximate surface area is 156 Å². The predicted octanol–water partition coefficient (Wildman–Crippen LogP) is 3.20. The van der Waals surface area contributed by atoms with Gasteiger partial charge in [0.15, 0.2) is 0 Å². The Morgan fingerprint density at radius 3 is 2.56 bits per heavy atom. The Morgan fingerprint density at radius 2 is 2.00 bits per heavy atom. The molecular formula is C17H20BrN3O3S. The average molecular weight is 426 g/mol. The summed E-state index contributed by atoms with van der Waals surface area (Å²) >= 11 is 3.31. The number of amides is 1. The maximum Gasteiger partial charge on any atom is 0.259 e. The van der Waals surface area contributed by atoms with Crippen molar-refractivity contribution in [2.45, 2.75) is 31.7 Å². The minimum atomic E-state index is -3.66. The first kappa shape index (κ1) is 19.6. The average Bonchev–Trinajstić information content (AvgIpc) is 2.56. The zero-order chi connectivity index (χ0) is 18.6. The van der Waals surface area contributed by atoms with E-state index in [4.69, 9.17) is 0 Å². The zero-order valence-corrected chi connectivity index (χ0v) is 16.6. The van der Waals surface area contributed by atoms with Crippen LogP contribution in [0.2, 0.25) is 0 Å². The zero-order valence-electron chi connectivity index (χ0n) is 14.2. The van der Waals surface area contributed by atoms with Crippen LogP contribution in [0, 0.1) is 0 Å². The normalized spacial score (nSPS) is 11.6. The second-order valence-corrected chi connectivity index (χ2v) is 8.32. The molecule has 0 fully saturated rings. The molecule has 2 aromatic rings. The molecule has 8 heteroatoms. The van der Waals surface area contributed by atoms with Crippen LogP contribution in [0.25, 0.3) is 0 Å². The SMILES string of the molecule is CCN(C(=O)c1cccc(S(=O)(=O)NC(C)C)c1)c1ccc(Br)cn1. The van der Waals surface area contributed by atoms with E-state index in [0.717, 1.165) is 4.47 Å². The molecule has 2 rings (SSSR count). The highest BCUT2D eigenvalue weighted by Crippen LogP contribution is 2.19. The number of hydrogen-bond acceptors (Lipinski definition) is 4. The van der Waals surface area contributed by atoms with Crippen LogP contribution in [0.5, 0.6) is 0 Å². The standard InChI is InChI=1S/C17H20BrN3O3S/c1-4-21(16-9-8-14(18)11-19-16)17(22)13-6-5-7-15(10-13)25(23,24)20-12(2)3/h5-12,20H,4H2,1-3H3. The lowest BCUT2D eigenvalue weighted by Crippen LogP contribution is -2.32.